The van der Waals surface area contributed by atoms with E-state index in [2.05, 4.69) is 20.7 Å². The second kappa shape index (κ2) is 5.36. The fraction of sp³-hybridized carbons (Fsp3) is 0.462. The van der Waals surface area contributed by atoms with E-state index in [0.29, 0.717) is 18.0 Å². The van der Waals surface area contributed by atoms with Gasteiger partial charge in [0.25, 0.3) is 5.91 Å². The van der Waals surface area contributed by atoms with Crippen LogP contribution in [0.15, 0.2) is 4.52 Å². The molecule has 7 heteroatoms. The van der Waals surface area contributed by atoms with E-state index in [1.807, 2.05) is 20.8 Å². The summed E-state index contributed by atoms with van der Waals surface area (Å²) in [4.78, 5) is 12.1. The van der Waals surface area contributed by atoms with E-state index in [9.17, 15) is 4.79 Å². The Morgan fingerprint density at radius 1 is 1.45 bits per heavy atom. The van der Waals surface area contributed by atoms with Gasteiger partial charge in [-0.25, -0.2) is 0 Å². The average Bonchev–Trinajstić information content (AvgIpc) is 2.91. The van der Waals surface area contributed by atoms with Gasteiger partial charge in [0.2, 0.25) is 0 Å². The highest BCUT2D eigenvalue weighted by Gasteiger charge is 2.19. The van der Waals surface area contributed by atoms with E-state index in [1.54, 1.807) is 6.92 Å². The van der Waals surface area contributed by atoms with E-state index in [-0.39, 0.29) is 17.5 Å². The molecule has 108 valence electrons. The lowest BCUT2D eigenvalue weighted by Crippen LogP contribution is -2.24. The summed E-state index contributed by atoms with van der Waals surface area (Å²) in [6.07, 6.45) is 0. The molecule has 0 aliphatic heterocycles. The van der Waals surface area contributed by atoms with Gasteiger partial charge < -0.3 is 15.6 Å². The van der Waals surface area contributed by atoms with Crippen molar-refractivity contribution in [1.29, 1.82) is 0 Å². The summed E-state index contributed by atoms with van der Waals surface area (Å²) in [6, 6.07) is 0. The number of nitrogen functional groups attached to an aromatic ring is 1. The molecule has 0 aromatic carbocycles. The van der Waals surface area contributed by atoms with Crippen LogP contribution in [-0.4, -0.2) is 21.3 Å². The first-order chi connectivity index (χ1) is 9.41. The molecule has 20 heavy (non-hydrogen) atoms. The van der Waals surface area contributed by atoms with Gasteiger partial charge in [0.1, 0.15) is 5.76 Å². The third-order valence-electron chi connectivity index (χ3n) is 3.23. The lowest BCUT2D eigenvalue weighted by Gasteiger charge is -2.04. The number of carbonyl (C=O) groups excluding carboxylic acids is 1. The van der Waals surface area contributed by atoms with Crippen molar-refractivity contribution in [3.05, 3.63) is 28.4 Å². The van der Waals surface area contributed by atoms with E-state index in [4.69, 9.17) is 10.3 Å². The van der Waals surface area contributed by atoms with Gasteiger partial charge in [-0.2, -0.15) is 5.10 Å². The summed E-state index contributed by atoms with van der Waals surface area (Å²) in [5, 5.41) is 13.4. The summed E-state index contributed by atoms with van der Waals surface area (Å²) in [5.74, 6) is 0.568. The molecule has 0 spiro atoms. The van der Waals surface area contributed by atoms with Gasteiger partial charge >= 0.3 is 0 Å². The van der Waals surface area contributed by atoms with Crippen LogP contribution >= 0.6 is 0 Å². The van der Waals surface area contributed by atoms with E-state index < -0.39 is 0 Å². The molecule has 0 aliphatic rings. The number of anilines is 1. The maximum atomic E-state index is 12.1. The molecule has 0 radical (unpaired) electrons. The Morgan fingerprint density at radius 3 is 2.65 bits per heavy atom. The molecule has 7 nitrogen and oxygen atoms in total. The van der Waals surface area contributed by atoms with Crippen LogP contribution in [0, 0.1) is 13.8 Å². The Bertz CT molecular complexity index is 607. The van der Waals surface area contributed by atoms with Gasteiger partial charge in [0, 0.05) is 12.1 Å². The van der Waals surface area contributed by atoms with Crippen LogP contribution in [0.2, 0.25) is 0 Å². The second-order valence-electron chi connectivity index (χ2n) is 5.04. The Balaban J connectivity index is 2.10. The molecule has 0 aliphatic carbocycles. The first kappa shape index (κ1) is 14.1. The van der Waals surface area contributed by atoms with Crippen LogP contribution in [0.1, 0.15) is 53.0 Å². The number of nitrogens with zero attached hydrogens (tertiary/aromatic N) is 2. The second-order valence-corrected chi connectivity index (χ2v) is 5.04. The molecule has 1 amide bonds. The maximum absolute atomic E-state index is 12.1. The number of nitrogens with two attached hydrogens (primary N) is 1. The molecule has 2 aromatic heterocycles. The quantitative estimate of drug-likeness (QED) is 0.787. The lowest BCUT2D eigenvalue weighted by atomic mass is 10.1. The third-order valence-corrected chi connectivity index (χ3v) is 3.23. The van der Waals surface area contributed by atoms with Crippen molar-refractivity contribution in [2.45, 2.75) is 40.2 Å². The first-order valence-corrected chi connectivity index (χ1v) is 6.45. The number of nitrogens with one attached hydrogen (secondary N) is 2. The van der Waals surface area contributed by atoms with Gasteiger partial charge in [0.15, 0.2) is 5.69 Å². The maximum Gasteiger partial charge on any atom is 0.274 e. The van der Waals surface area contributed by atoms with Crippen LogP contribution in [-0.2, 0) is 6.54 Å². The topological polar surface area (TPSA) is 110 Å². The summed E-state index contributed by atoms with van der Waals surface area (Å²) in [7, 11) is 0. The van der Waals surface area contributed by atoms with Crippen molar-refractivity contribution < 1.29 is 9.32 Å². The first-order valence-electron chi connectivity index (χ1n) is 6.45. The number of aromatic amines is 1. The van der Waals surface area contributed by atoms with Gasteiger partial charge in [-0.15, -0.1) is 0 Å². The van der Waals surface area contributed by atoms with E-state index >= 15 is 0 Å². The van der Waals surface area contributed by atoms with Crippen LogP contribution in [0.4, 0.5) is 5.69 Å². The van der Waals surface area contributed by atoms with Crippen LogP contribution < -0.4 is 11.1 Å². The van der Waals surface area contributed by atoms with E-state index in [0.717, 1.165) is 17.0 Å². The summed E-state index contributed by atoms with van der Waals surface area (Å²) in [5.41, 5.74) is 8.96. The van der Waals surface area contributed by atoms with Gasteiger partial charge in [0.05, 0.1) is 17.1 Å². The molecule has 2 aromatic rings. The number of aromatic nitrogens is 3. The molecule has 2 heterocycles. The van der Waals surface area contributed by atoms with Crippen molar-refractivity contribution in [1.82, 2.24) is 20.7 Å². The summed E-state index contributed by atoms with van der Waals surface area (Å²) in [6.45, 7) is 7.94. The minimum absolute atomic E-state index is 0.187. The zero-order valence-electron chi connectivity index (χ0n) is 12.1. The summed E-state index contributed by atoms with van der Waals surface area (Å²) >= 11 is 0. The fourth-order valence-corrected chi connectivity index (χ4v) is 1.98. The number of H-pyrrole nitrogens is 1. The van der Waals surface area contributed by atoms with Crippen LogP contribution in [0.25, 0.3) is 0 Å². The largest absolute Gasteiger partial charge is 0.395 e. The molecule has 0 atom stereocenters. The third kappa shape index (κ3) is 2.52. The molecule has 0 unspecified atom stereocenters. The Morgan fingerprint density at radius 2 is 2.15 bits per heavy atom. The molecule has 4 N–H and O–H groups in total. The van der Waals surface area contributed by atoms with Crippen molar-refractivity contribution in [2.24, 2.45) is 0 Å². The standard InChI is InChI=1S/C13H19N5O2/c1-6(2)11-10(14)12(17-16-11)13(19)15-5-9-7(3)18-20-8(9)4/h6H,5,14H2,1-4H3,(H,15,19)(H,16,17). The fourth-order valence-electron chi connectivity index (χ4n) is 1.98. The highest BCUT2D eigenvalue weighted by molar-refractivity contribution is 5.97. The number of rotatable bonds is 4. The molecule has 0 saturated carbocycles. The van der Waals surface area contributed by atoms with Gasteiger partial charge in [-0.3, -0.25) is 9.89 Å². The van der Waals surface area contributed by atoms with Crippen molar-refractivity contribution in [2.75, 3.05) is 5.73 Å². The molecule has 2 rings (SSSR count). The van der Waals surface area contributed by atoms with Crippen LogP contribution in [0.3, 0.4) is 0 Å². The Hall–Kier alpha value is -2.31. The van der Waals surface area contributed by atoms with Gasteiger partial charge in [-0.05, 0) is 19.8 Å². The number of amides is 1. The zero-order valence-corrected chi connectivity index (χ0v) is 12.1. The molecule has 0 fully saturated rings. The minimum atomic E-state index is -0.314. The van der Waals surface area contributed by atoms with Crippen molar-refractivity contribution in [3.63, 3.8) is 0 Å². The molecular formula is C13H19N5O2. The van der Waals surface area contributed by atoms with Crippen molar-refractivity contribution >= 4 is 11.6 Å². The van der Waals surface area contributed by atoms with Gasteiger partial charge in [-0.1, -0.05) is 19.0 Å². The predicted molar refractivity (Wildman–Crippen MR) is 74.2 cm³/mol. The normalized spacial score (nSPS) is 11.1. The Kier molecular flexibility index (Phi) is 3.78. The molecule has 0 saturated heterocycles. The predicted octanol–water partition coefficient (Wildman–Crippen LogP) is 1.65. The van der Waals surface area contributed by atoms with Crippen LogP contribution in [0.5, 0.6) is 0 Å². The number of hydrogen-bond donors (Lipinski definition) is 3. The summed E-state index contributed by atoms with van der Waals surface area (Å²) < 4.78 is 5.04. The number of carbonyl (C=O) groups is 1. The highest BCUT2D eigenvalue weighted by atomic mass is 16.5. The monoisotopic (exact) mass is 277 g/mol. The SMILES string of the molecule is Cc1noc(C)c1CNC(=O)c1n[nH]c(C(C)C)c1N. The lowest BCUT2D eigenvalue weighted by molar-refractivity contribution is 0.0946. The number of aryl methyl sites for hydroxylation is 2. The van der Waals surface area contributed by atoms with Crippen molar-refractivity contribution in [3.8, 4) is 0 Å². The number of hydrogen-bond acceptors (Lipinski definition) is 5. The highest BCUT2D eigenvalue weighted by Crippen LogP contribution is 2.22. The smallest absolute Gasteiger partial charge is 0.274 e. The Labute approximate surface area is 116 Å². The zero-order chi connectivity index (χ0) is 14.9. The molecule has 0 bridgehead atoms. The molecular weight excluding hydrogens is 258 g/mol. The minimum Gasteiger partial charge on any atom is -0.395 e. The van der Waals surface area contributed by atoms with E-state index in [1.165, 1.54) is 0 Å². The average molecular weight is 277 g/mol.